The number of nitriles is 1. The highest BCUT2D eigenvalue weighted by molar-refractivity contribution is 5.82. The molecular weight excluding hydrogens is 272 g/mol. The lowest BCUT2D eigenvalue weighted by Crippen LogP contribution is -2.45. The summed E-state index contributed by atoms with van der Waals surface area (Å²) in [5, 5.41) is 10.1. The summed E-state index contributed by atoms with van der Waals surface area (Å²) in [6.45, 7) is 6.22. The van der Waals surface area contributed by atoms with Gasteiger partial charge in [0.05, 0.1) is 11.6 Å². The molecule has 0 atom stereocenters. The van der Waals surface area contributed by atoms with Crippen molar-refractivity contribution in [3.8, 4) is 6.07 Å². The molecule has 2 aromatic rings. The highest BCUT2D eigenvalue weighted by atomic mass is 15.3. The van der Waals surface area contributed by atoms with Crippen molar-refractivity contribution in [2.75, 3.05) is 38.1 Å². The second-order valence-electron chi connectivity index (χ2n) is 6.12. The molecule has 1 fully saturated rings. The minimum Gasteiger partial charge on any atom is -0.354 e. The van der Waals surface area contributed by atoms with Crippen molar-refractivity contribution in [2.24, 2.45) is 0 Å². The Morgan fingerprint density at radius 1 is 1.18 bits per heavy atom. The van der Waals surface area contributed by atoms with E-state index >= 15 is 0 Å². The third-order valence-electron chi connectivity index (χ3n) is 4.34. The average molecular weight is 294 g/mol. The lowest BCUT2D eigenvalue weighted by atomic mass is 10.1. The molecule has 4 nitrogen and oxygen atoms in total. The van der Waals surface area contributed by atoms with Gasteiger partial charge in [-0.1, -0.05) is 12.1 Å². The number of likely N-dealkylation sites (N-methyl/N-ethyl adjacent to an activating group) is 1. The molecule has 1 aliphatic heterocycles. The van der Waals surface area contributed by atoms with Crippen LogP contribution in [-0.2, 0) is 6.42 Å². The van der Waals surface area contributed by atoms with Gasteiger partial charge in [-0.15, -0.1) is 0 Å². The molecular formula is C18H22N4. The van der Waals surface area contributed by atoms with Gasteiger partial charge in [0.25, 0.3) is 0 Å². The summed E-state index contributed by atoms with van der Waals surface area (Å²) in [6, 6.07) is 10.9. The highest BCUT2D eigenvalue weighted by Crippen LogP contribution is 2.26. The monoisotopic (exact) mass is 294 g/mol. The Morgan fingerprint density at radius 2 is 1.95 bits per heavy atom. The van der Waals surface area contributed by atoms with Crippen molar-refractivity contribution in [2.45, 2.75) is 19.8 Å². The first-order valence-corrected chi connectivity index (χ1v) is 7.88. The zero-order valence-corrected chi connectivity index (χ0v) is 13.3. The van der Waals surface area contributed by atoms with Crippen molar-refractivity contribution in [1.82, 2.24) is 9.88 Å². The molecule has 0 unspecified atom stereocenters. The molecule has 1 aromatic heterocycles. The fourth-order valence-electron chi connectivity index (χ4n) is 2.98. The molecule has 2 heterocycles. The van der Waals surface area contributed by atoms with E-state index in [1.54, 1.807) is 0 Å². The van der Waals surface area contributed by atoms with Crippen LogP contribution in [0.1, 0.15) is 17.5 Å². The van der Waals surface area contributed by atoms with Gasteiger partial charge in [-0.05, 0) is 43.7 Å². The second-order valence-corrected chi connectivity index (χ2v) is 6.12. The Kier molecular flexibility index (Phi) is 4.26. The van der Waals surface area contributed by atoms with Crippen molar-refractivity contribution < 1.29 is 0 Å². The summed E-state index contributed by atoms with van der Waals surface area (Å²) < 4.78 is 0. The first-order chi connectivity index (χ1) is 10.7. The van der Waals surface area contributed by atoms with E-state index in [4.69, 9.17) is 10.2 Å². The molecule has 1 saturated heterocycles. The van der Waals surface area contributed by atoms with E-state index in [-0.39, 0.29) is 0 Å². The van der Waals surface area contributed by atoms with Gasteiger partial charge in [0.2, 0.25) is 0 Å². The van der Waals surface area contributed by atoms with Crippen molar-refractivity contribution in [3.63, 3.8) is 0 Å². The minimum absolute atomic E-state index is 0.541. The number of rotatable bonds is 3. The first kappa shape index (κ1) is 14.8. The van der Waals surface area contributed by atoms with Gasteiger partial charge in [0.15, 0.2) is 0 Å². The van der Waals surface area contributed by atoms with Gasteiger partial charge in [-0.2, -0.15) is 5.26 Å². The van der Waals surface area contributed by atoms with Crippen LogP contribution in [0.25, 0.3) is 10.9 Å². The van der Waals surface area contributed by atoms with Gasteiger partial charge in [0, 0.05) is 38.0 Å². The SMILES string of the molecule is Cc1ccc2cc(CCC#N)c(N3CCN(C)CC3)nc2c1. The Balaban J connectivity index is 2.02. The number of hydrogen-bond donors (Lipinski definition) is 0. The quantitative estimate of drug-likeness (QED) is 0.873. The molecule has 0 bridgehead atoms. The Hall–Kier alpha value is -2.12. The van der Waals surface area contributed by atoms with Gasteiger partial charge in [-0.25, -0.2) is 4.98 Å². The number of piperazine rings is 1. The van der Waals surface area contributed by atoms with E-state index in [9.17, 15) is 0 Å². The summed E-state index contributed by atoms with van der Waals surface area (Å²) in [7, 11) is 2.16. The predicted octanol–water partition coefficient (Wildman–Crippen LogP) is 2.75. The number of aryl methyl sites for hydroxylation is 2. The molecule has 0 aliphatic carbocycles. The number of aromatic nitrogens is 1. The molecule has 4 heteroatoms. The van der Waals surface area contributed by atoms with E-state index < -0.39 is 0 Å². The van der Waals surface area contributed by atoms with Crippen LogP contribution in [0, 0.1) is 18.3 Å². The summed E-state index contributed by atoms with van der Waals surface area (Å²) in [4.78, 5) is 9.65. The molecule has 0 saturated carbocycles. The van der Waals surface area contributed by atoms with Crippen molar-refractivity contribution in [1.29, 1.82) is 5.26 Å². The lowest BCUT2D eigenvalue weighted by molar-refractivity contribution is 0.312. The fourth-order valence-corrected chi connectivity index (χ4v) is 2.98. The Morgan fingerprint density at radius 3 is 2.68 bits per heavy atom. The van der Waals surface area contributed by atoms with E-state index in [1.165, 1.54) is 11.1 Å². The van der Waals surface area contributed by atoms with Crippen molar-refractivity contribution in [3.05, 3.63) is 35.4 Å². The van der Waals surface area contributed by atoms with Crippen LogP contribution in [0.4, 0.5) is 5.82 Å². The summed E-state index contributed by atoms with van der Waals surface area (Å²) in [5.41, 5.74) is 3.48. The van der Waals surface area contributed by atoms with Crippen LogP contribution < -0.4 is 4.90 Å². The topological polar surface area (TPSA) is 43.2 Å². The Labute approximate surface area is 132 Å². The van der Waals surface area contributed by atoms with E-state index in [0.29, 0.717) is 6.42 Å². The van der Waals surface area contributed by atoms with Crippen LogP contribution in [0.2, 0.25) is 0 Å². The molecule has 0 amide bonds. The third kappa shape index (κ3) is 3.05. The summed E-state index contributed by atoms with van der Waals surface area (Å²) >= 11 is 0. The number of fused-ring (bicyclic) bond motifs is 1. The molecule has 22 heavy (non-hydrogen) atoms. The van der Waals surface area contributed by atoms with Crippen LogP contribution in [0.5, 0.6) is 0 Å². The largest absolute Gasteiger partial charge is 0.354 e. The zero-order chi connectivity index (χ0) is 15.5. The van der Waals surface area contributed by atoms with Gasteiger partial charge >= 0.3 is 0 Å². The normalized spacial score (nSPS) is 16.0. The first-order valence-electron chi connectivity index (χ1n) is 7.88. The summed E-state index contributed by atoms with van der Waals surface area (Å²) in [6.07, 6.45) is 1.31. The van der Waals surface area contributed by atoms with Crippen LogP contribution >= 0.6 is 0 Å². The predicted molar refractivity (Wildman–Crippen MR) is 90.1 cm³/mol. The van der Waals surface area contributed by atoms with Crippen LogP contribution in [0.15, 0.2) is 24.3 Å². The second kappa shape index (κ2) is 6.33. The Bertz CT molecular complexity index is 709. The van der Waals surface area contributed by atoms with Crippen LogP contribution in [0.3, 0.4) is 0 Å². The highest BCUT2D eigenvalue weighted by Gasteiger charge is 2.19. The molecule has 114 valence electrons. The number of pyridine rings is 1. The lowest BCUT2D eigenvalue weighted by Gasteiger charge is -2.34. The maximum Gasteiger partial charge on any atom is 0.132 e. The number of benzene rings is 1. The molecule has 1 aromatic carbocycles. The minimum atomic E-state index is 0.541. The van der Waals surface area contributed by atoms with E-state index in [1.807, 2.05) is 0 Å². The number of hydrogen-bond acceptors (Lipinski definition) is 4. The molecule has 0 spiro atoms. The van der Waals surface area contributed by atoms with E-state index in [0.717, 1.165) is 49.3 Å². The number of anilines is 1. The summed E-state index contributed by atoms with van der Waals surface area (Å²) in [5.74, 6) is 1.07. The maximum atomic E-state index is 8.92. The number of nitrogens with zero attached hydrogens (tertiary/aromatic N) is 4. The standard InChI is InChI=1S/C18H22N4/c1-14-5-6-15-13-16(4-3-7-19)18(20-17(15)12-14)22-10-8-21(2)9-11-22/h5-6,12-13H,3-4,8-11H2,1-2H3. The smallest absolute Gasteiger partial charge is 0.132 e. The van der Waals surface area contributed by atoms with E-state index in [2.05, 4.69) is 54.1 Å². The van der Waals surface area contributed by atoms with Gasteiger partial charge in [-0.3, -0.25) is 0 Å². The molecule has 1 aliphatic rings. The zero-order valence-electron chi connectivity index (χ0n) is 13.3. The third-order valence-corrected chi connectivity index (χ3v) is 4.34. The molecule has 0 radical (unpaired) electrons. The van der Waals surface area contributed by atoms with Crippen LogP contribution in [-0.4, -0.2) is 43.1 Å². The van der Waals surface area contributed by atoms with Crippen molar-refractivity contribution >= 4 is 16.7 Å². The fraction of sp³-hybridized carbons (Fsp3) is 0.444. The average Bonchev–Trinajstić information content (AvgIpc) is 2.53. The molecule has 3 rings (SSSR count). The van der Waals surface area contributed by atoms with Gasteiger partial charge < -0.3 is 9.80 Å². The van der Waals surface area contributed by atoms with Gasteiger partial charge in [0.1, 0.15) is 5.82 Å². The molecule has 0 N–H and O–H groups in total. The maximum absolute atomic E-state index is 8.92.